The van der Waals surface area contributed by atoms with Gasteiger partial charge in [-0.1, -0.05) is 18.2 Å². The zero-order valence-corrected chi connectivity index (χ0v) is 14.3. The van der Waals surface area contributed by atoms with E-state index in [1.807, 2.05) is 17.5 Å². The van der Waals surface area contributed by atoms with Crippen LogP contribution in [0.4, 0.5) is 5.69 Å². The summed E-state index contributed by atoms with van der Waals surface area (Å²) in [5, 5.41) is 20.6. The van der Waals surface area contributed by atoms with Crippen LogP contribution in [0.1, 0.15) is 18.9 Å². The number of thiophene rings is 1. The van der Waals surface area contributed by atoms with Crippen LogP contribution in [0.15, 0.2) is 46.2 Å². The second-order valence-electron chi connectivity index (χ2n) is 5.07. The number of ether oxygens (including phenoxy) is 2. The van der Waals surface area contributed by atoms with E-state index in [0.717, 1.165) is 4.88 Å². The highest BCUT2D eigenvalue weighted by atomic mass is 32.1. The van der Waals surface area contributed by atoms with Crippen LogP contribution in [0.3, 0.4) is 0 Å². The summed E-state index contributed by atoms with van der Waals surface area (Å²) in [4.78, 5) is 23.0. The number of esters is 1. The number of benzene rings is 1. The summed E-state index contributed by atoms with van der Waals surface area (Å²) in [6.07, 6.45) is -0.780. The predicted octanol–water partition coefficient (Wildman–Crippen LogP) is 3.39. The molecule has 0 aliphatic heterocycles. The number of nitrogens with zero attached hydrogens (tertiary/aromatic N) is 3. The van der Waals surface area contributed by atoms with E-state index in [1.165, 1.54) is 29.5 Å². The summed E-state index contributed by atoms with van der Waals surface area (Å²) in [5.74, 6) is -0.243. The van der Waals surface area contributed by atoms with Crippen molar-refractivity contribution < 1.29 is 23.6 Å². The molecule has 0 amide bonds. The van der Waals surface area contributed by atoms with Crippen LogP contribution in [0.2, 0.25) is 0 Å². The van der Waals surface area contributed by atoms with Gasteiger partial charge in [-0.2, -0.15) is 0 Å². The second-order valence-corrected chi connectivity index (χ2v) is 6.02. The van der Waals surface area contributed by atoms with Crippen LogP contribution in [-0.2, 0) is 9.53 Å². The number of hydrogen-bond donors (Lipinski definition) is 0. The van der Waals surface area contributed by atoms with Crippen LogP contribution in [0, 0.1) is 10.1 Å². The van der Waals surface area contributed by atoms with E-state index in [-0.39, 0.29) is 17.3 Å². The average molecular weight is 375 g/mol. The fourth-order valence-electron chi connectivity index (χ4n) is 2.05. The zero-order chi connectivity index (χ0) is 18.5. The molecule has 0 radical (unpaired) electrons. The number of rotatable bonds is 7. The van der Waals surface area contributed by atoms with Gasteiger partial charge in [-0.05, 0) is 24.4 Å². The quantitative estimate of drug-likeness (QED) is 0.350. The predicted molar refractivity (Wildman–Crippen MR) is 90.7 cm³/mol. The van der Waals surface area contributed by atoms with Crippen molar-refractivity contribution in [3.05, 3.63) is 57.8 Å². The molecule has 0 bridgehead atoms. The molecule has 3 aromatic rings. The highest BCUT2D eigenvalue weighted by Crippen LogP contribution is 2.27. The van der Waals surface area contributed by atoms with Gasteiger partial charge in [-0.15, -0.1) is 21.5 Å². The van der Waals surface area contributed by atoms with Gasteiger partial charge in [-0.3, -0.25) is 10.1 Å². The Morgan fingerprint density at radius 1 is 1.31 bits per heavy atom. The first kappa shape index (κ1) is 17.5. The van der Waals surface area contributed by atoms with Gasteiger partial charge < -0.3 is 13.9 Å². The number of para-hydroxylation sites is 2. The number of carbonyl (C=O) groups excluding carboxylic acids is 1. The van der Waals surface area contributed by atoms with Gasteiger partial charge in [-0.25, -0.2) is 4.79 Å². The molecule has 2 aromatic heterocycles. The van der Waals surface area contributed by atoms with Gasteiger partial charge >= 0.3 is 11.7 Å². The largest absolute Gasteiger partial charge is 0.475 e. The average Bonchev–Trinajstić information content (AvgIpc) is 3.31. The number of nitro benzene ring substituents is 1. The standard InChI is InChI=1S/C16H13N3O6S/c1-10(15-17-18-16(25-15)13-7-4-8-26-13)24-14(20)9-23-12-6-3-2-5-11(12)19(21)22/h2-8,10H,9H2,1H3/t10-/m1/s1. The molecule has 1 atom stereocenters. The van der Waals surface area contributed by atoms with Crippen LogP contribution >= 0.6 is 11.3 Å². The molecule has 0 unspecified atom stereocenters. The molecule has 1 aromatic carbocycles. The Morgan fingerprint density at radius 3 is 2.85 bits per heavy atom. The molecule has 0 saturated carbocycles. The van der Waals surface area contributed by atoms with Gasteiger partial charge in [0.2, 0.25) is 0 Å². The SMILES string of the molecule is C[C@@H](OC(=O)COc1ccccc1[N+](=O)[O-])c1nnc(-c2cccs2)o1. The Labute approximate surface area is 151 Å². The van der Waals surface area contributed by atoms with E-state index in [1.54, 1.807) is 13.0 Å². The Balaban J connectivity index is 1.57. The van der Waals surface area contributed by atoms with E-state index < -0.39 is 23.6 Å². The fraction of sp³-hybridized carbons (Fsp3) is 0.188. The molecule has 0 aliphatic rings. The Morgan fingerprint density at radius 2 is 2.12 bits per heavy atom. The lowest BCUT2D eigenvalue weighted by molar-refractivity contribution is -0.385. The van der Waals surface area contributed by atoms with Crippen LogP contribution in [0.5, 0.6) is 5.75 Å². The van der Waals surface area contributed by atoms with Gasteiger partial charge in [0, 0.05) is 6.07 Å². The number of aromatic nitrogens is 2. The zero-order valence-electron chi connectivity index (χ0n) is 13.5. The minimum absolute atomic E-state index is 0.0140. The minimum Gasteiger partial charge on any atom is -0.475 e. The summed E-state index contributed by atoms with van der Waals surface area (Å²) in [6.45, 7) is 1.09. The third kappa shape index (κ3) is 4.03. The summed E-state index contributed by atoms with van der Waals surface area (Å²) < 4.78 is 15.8. The molecule has 0 saturated heterocycles. The first-order valence-electron chi connectivity index (χ1n) is 7.47. The Hall–Kier alpha value is -3.27. The van der Waals surface area contributed by atoms with Crippen molar-refractivity contribution in [2.24, 2.45) is 0 Å². The number of nitro groups is 1. The maximum atomic E-state index is 11.9. The smallest absolute Gasteiger partial charge is 0.344 e. The molecular formula is C16H13N3O6S. The van der Waals surface area contributed by atoms with Crippen molar-refractivity contribution in [2.45, 2.75) is 13.0 Å². The maximum Gasteiger partial charge on any atom is 0.344 e. The van der Waals surface area contributed by atoms with Crippen LogP contribution in [0.25, 0.3) is 10.8 Å². The van der Waals surface area contributed by atoms with Crippen LogP contribution < -0.4 is 4.74 Å². The Bertz CT molecular complexity index is 908. The monoisotopic (exact) mass is 375 g/mol. The van der Waals surface area contributed by atoms with Gasteiger partial charge in [0.05, 0.1) is 9.80 Å². The lowest BCUT2D eigenvalue weighted by Crippen LogP contribution is -2.17. The molecule has 2 heterocycles. The van der Waals surface area contributed by atoms with E-state index >= 15 is 0 Å². The summed E-state index contributed by atoms with van der Waals surface area (Å²) >= 11 is 1.45. The maximum absolute atomic E-state index is 11.9. The summed E-state index contributed by atoms with van der Waals surface area (Å²) in [6, 6.07) is 9.45. The molecule has 134 valence electrons. The lowest BCUT2D eigenvalue weighted by Gasteiger charge is -2.10. The molecule has 26 heavy (non-hydrogen) atoms. The second kappa shape index (κ2) is 7.74. The van der Waals surface area contributed by atoms with Crippen molar-refractivity contribution in [2.75, 3.05) is 6.61 Å². The van der Waals surface area contributed by atoms with Gasteiger partial charge in [0.15, 0.2) is 18.5 Å². The first-order valence-corrected chi connectivity index (χ1v) is 8.35. The number of hydrogen-bond acceptors (Lipinski definition) is 9. The molecule has 0 N–H and O–H groups in total. The minimum atomic E-state index is -0.780. The van der Waals surface area contributed by atoms with Gasteiger partial charge in [0.1, 0.15) is 0 Å². The molecule has 9 nitrogen and oxygen atoms in total. The third-order valence-electron chi connectivity index (χ3n) is 3.24. The van der Waals surface area contributed by atoms with Crippen LogP contribution in [-0.4, -0.2) is 27.7 Å². The van der Waals surface area contributed by atoms with Gasteiger partial charge in [0.25, 0.3) is 11.8 Å². The first-order chi connectivity index (χ1) is 12.5. The van der Waals surface area contributed by atoms with Crippen molar-refractivity contribution in [1.29, 1.82) is 0 Å². The molecule has 0 spiro atoms. The molecule has 10 heteroatoms. The summed E-state index contributed by atoms with van der Waals surface area (Å²) in [5.41, 5.74) is -0.231. The van der Waals surface area contributed by atoms with E-state index in [9.17, 15) is 14.9 Å². The highest BCUT2D eigenvalue weighted by molar-refractivity contribution is 7.13. The molecule has 0 aliphatic carbocycles. The lowest BCUT2D eigenvalue weighted by atomic mass is 10.3. The van der Waals surface area contributed by atoms with Crippen molar-refractivity contribution in [3.63, 3.8) is 0 Å². The molecule has 3 rings (SSSR count). The third-order valence-corrected chi connectivity index (χ3v) is 4.09. The fourth-order valence-corrected chi connectivity index (χ4v) is 2.69. The normalized spacial score (nSPS) is 11.7. The van der Waals surface area contributed by atoms with Crippen molar-refractivity contribution in [3.8, 4) is 16.5 Å². The van der Waals surface area contributed by atoms with E-state index in [2.05, 4.69) is 10.2 Å². The summed E-state index contributed by atoms with van der Waals surface area (Å²) in [7, 11) is 0. The van der Waals surface area contributed by atoms with E-state index in [0.29, 0.717) is 5.89 Å². The molecular weight excluding hydrogens is 362 g/mol. The molecule has 0 fully saturated rings. The van der Waals surface area contributed by atoms with E-state index in [4.69, 9.17) is 13.9 Å². The highest BCUT2D eigenvalue weighted by Gasteiger charge is 2.21. The Kier molecular flexibility index (Phi) is 5.23. The van der Waals surface area contributed by atoms with Crippen molar-refractivity contribution in [1.82, 2.24) is 10.2 Å². The number of carbonyl (C=O) groups is 1. The topological polar surface area (TPSA) is 118 Å². The van der Waals surface area contributed by atoms with Crippen molar-refractivity contribution >= 4 is 23.0 Å².